The first kappa shape index (κ1) is 15.4. The van der Waals surface area contributed by atoms with Crippen LogP contribution >= 0.6 is 0 Å². The maximum Gasteiger partial charge on any atom is 0.175 e. The Morgan fingerprint density at radius 2 is 1.25 bits per heavy atom. The summed E-state index contributed by atoms with van der Waals surface area (Å²) in [7, 11) is -3.16. The quantitative estimate of drug-likeness (QED) is 0.817. The highest BCUT2D eigenvalue weighted by molar-refractivity contribution is 7.90. The molecule has 24 heavy (non-hydrogen) atoms. The Morgan fingerprint density at radius 3 is 1.67 bits per heavy atom. The molecule has 0 saturated heterocycles. The standard InChI is InChI=1S/C21H20O2S/c1-15-3-5-16(6-4-15)19-13-21(11-12-21)14-20(19)17-7-9-18(10-8-17)24(2,22)23/h3-10,13-14H,11-12H2,1-2H3. The molecule has 122 valence electrons. The second-order valence-electron chi connectivity index (χ2n) is 7.01. The zero-order chi connectivity index (χ0) is 16.9. The van der Waals surface area contributed by atoms with Gasteiger partial charge in [0.1, 0.15) is 0 Å². The first-order valence-electron chi connectivity index (χ1n) is 8.20. The normalized spacial score (nSPS) is 18.4. The second kappa shape index (κ2) is 5.18. The van der Waals surface area contributed by atoms with Crippen LogP contribution in [0.3, 0.4) is 0 Å². The van der Waals surface area contributed by atoms with Gasteiger partial charge in [0.05, 0.1) is 4.90 Å². The second-order valence-corrected chi connectivity index (χ2v) is 9.03. The van der Waals surface area contributed by atoms with Crippen LogP contribution in [0.25, 0.3) is 11.1 Å². The van der Waals surface area contributed by atoms with Crippen molar-refractivity contribution in [3.05, 3.63) is 77.4 Å². The fraction of sp³-hybridized carbons (Fsp3) is 0.238. The van der Waals surface area contributed by atoms with Crippen LogP contribution in [-0.4, -0.2) is 14.7 Å². The molecule has 3 heteroatoms. The summed E-state index contributed by atoms with van der Waals surface area (Å²) >= 11 is 0. The molecule has 2 aliphatic rings. The molecule has 1 fully saturated rings. The van der Waals surface area contributed by atoms with Crippen LogP contribution in [0.4, 0.5) is 0 Å². The molecule has 2 aromatic carbocycles. The van der Waals surface area contributed by atoms with Gasteiger partial charge in [-0.2, -0.15) is 0 Å². The minimum atomic E-state index is -3.16. The van der Waals surface area contributed by atoms with E-state index < -0.39 is 9.84 Å². The topological polar surface area (TPSA) is 34.1 Å². The van der Waals surface area contributed by atoms with Gasteiger partial charge in [-0.25, -0.2) is 8.42 Å². The summed E-state index contributed by atoms with van der Waals surface area (Å²) in [6, 6.07) is 15.9. The summed E-state index contributed by atoms with van der Waals surface area (Å²) in [5.41, 5.74) is 6.27. The number of rotatable bonds is 3. The largest absolute Gasteiger partial charge is 0.224 e. The van der Waals surface area contributed by atoms with E-state index in [4.69, 9.17) is 0 Å². The number of sulfone groups is 1. The summed E-state index contributed by atoms with van der Waals surface area (Å²) in [5, 5.41) is 0. The van der Waals surface area contributed by atoms with Gasteiger partial charge in [-0.3, -0.25) is 0 Å². The Balaban J connectivity index is 1.76. The summed E-state index contributed by atoms with van der Waals surface area (Å²) in [5.74, 6) is 0. The zero-order valence-corrected chi connectivity index (χ0v) is 14.7. The fourth-order valence-corrected chi connectivity index (χ4v) is 3.93. The van der Waals surface area contributed by atoms with Crippen molar-refractivity contribution in [3.63, 3.8) is 0 Å². The van der Waals surface area contributed by atoms with Gasteiger partial charge >= 0.3 is 0 Å². The van der Waals surface area contributed by atoms with Gasteiger partial charge < -0.3 is 0 Å². The van der Waals surface area contributed by atoms with Crippen LogP contribution in [-0.2, 0) is 9.84 Å². The molecule has 1 saturated carbocycles. The molecule has 0 aliphatic heterocycles. The number of allylic oxidation sites excluding steroid dienone is 4. The summed E-state index contributed by atoms with van der Waals surface area (Å²) in [6.07, 6.45) is 8.39. The lowest BCUT2D eigenvalue weighted by Crippen LogP contribution is -1.97. The smallest absolute Gasteiger partial charge is 0.175 e. The van der Waals surface area contributed by atoms with Crippen LogP contribution in [0.1, 0.15) is 29.5 Å². The summed E-state index contributed by atoms with van der Waals surface area (Å²) < 4.78 is 23.3. The Morgan fingerprint density at radius 1 is 0.792 bits per heavy atom. The van der Waals surface area contributed by atoms with E-state index >= 15 is 0 Å². The molecule has 2 aliphatic carbocycles. The van der Waals surface area contributed by atoms with E-state index in [0.29, 0.717) is 4.90 Å². The van der Waals surface area contributed by atoms with Crippen molar-refractivity contribution in [2.24, 2.45) is 5.41 Å². The van der Waals surface area contributed by atoms with Crippen LogP contribution in [0, 0.1) is 12.3 Å². The van der Waals surface area contributed by atoms with E-state index in [1.165, 1.54) is 41.4 Å². The van der Waals surface area contributed by atoms with Crippen LogP contribution < -0.4 is 0 Å². The van der Waals surface area contributed by atoms with Gasteiger partial charge in [0.25, 0.3) is 0 Å². The first-order valence-corrected chi connectivity index (χ1v) is 10.1. The van der Waals surface area contributed by atoms with E-state index in [1.54, 1.807) is 12.1 Å². The monoisotopic (exact) mass is 336 g/mol. The van der Waals surface area contributed by atoms with Crippen molar-refractivity contribution in [3.8, 4) is 0 Å². The Labute approximate surface area is 143 Å². The molecule has 0 amide bonds. The summed E-state index contributed by atoms with van der Waals surface area (Å²) in [4.78, 5) is 0.367. The van der Waals surface area contributed by atoms with Crippen molar-refractivity contribution in [1.29, 1.82) is 0 Å². The minimum Gasteiger partial charge on any atom is -0.224 e. The molecule has 0 heterocycles. The third-order valence-electron chi connectivity index (χ3n) is 4.94. The number of benzene rings is 2. The molecule has 2 aromatic rings. The summed E-state index contributed by atoms with van der Waals surface area (Å²) in [6.45, 7) is 2.09. The maximum absolute atomic E-state index is 11.7. The van der Waals surface area contributed by atoms with E-state index in [-0.39, 0.29) is 5.41 Å². The van der Waals surface area contributed by atoms with E-state index in [9.17, 15) is 8.42 Å². The Hall–Kier alpha value is -2.13. The third-order valence-corrected chi connectivity index (χ3v) is 6.07. The van der Waals surface area contributed by atoms with E-state index in [2.05, 4.69) is 43.3 Å². The van der Waals surface area contributed by atoms with Gasteiger partial charge in [-0.1, -0.05) is 54.1 Å². The van der Waals surface area contributed by atoms with Crippen LogP contribution in [0.5, 0.6) is 0 Å². The molecule has 0 bridgehead atoms. The highest BCUT2D eigenvalue weighted by atomic mass is 32.2. The highest BCUT2D eigenvalue weighted by Crippen LogP contribution is 2.57. The molecule has 0 aromatic heterocycles. The number of hydrogen-bond donors (Lipinski definition) is 0. The molecule has 1 spiro atoms. The van der Waals surface area contributed by atoms with Gasteiger partial charge in [0.2, 0.25) is 0 Å². The first-order chi connectivity index (χ1) is 11.4. The fourth-order valence-electron chi connectivity index (χ4n) is 3.30. The molecule has 0 radical (unpaired) electrons. The van der Waals surface area contributed by atoms with Gasteiger partial charge in [-0.05, 0) is 54.2 Å². The number of aryl methyl sites for hydroxylation is 1. The highest BCUT2D eigenvalue weighted by Gasteiger charge is 2.43. The average molecular weight is 336 g/mol. The van der Waals surface area contributed by atoms with Crippen molar-refractivity contribution in [2.45, 2.75) is 24.7 Å². The van der Waals surface area contributed by atoms with E-state index in [1.807, 2.05) is 12.1 Å². The molecule has 0 atom stereocenters. The SMILES string of the molecule is Cc1ccc(C2=CC3(C=C2c2ccc(S(C)(=O)=O)cc2)CC3)cc1. The van der Waals surface area contributed by atoms with Crippen molar-refractivity contribution >= 4 is 21.0 Å². The molecule has 0 N–H and O–H groups in total. The predicted molar refractivity (Wildman–Crippen MR) is 98.4 cm³/mol. The van der Waals surface area contributed by atoms with Gasteiger partial charge in [0.15, 0.2) is 9.84 Å². The van der Waals surface area contributed by atoms with Crippen molar-refractivity contribution in [2.75, 3.05) is 6.26 Å². The van der Waals surface area contributed by atoms with Crippen molar-refractivity contribution < 1.29 is 8.42 Å². The lowest BCUT2D eigenvalue weighted by molar-refractivity contribution is 0.602. The lowest BCUT2D eigenvalue weighted by Gasteiger charge is -2.10. The van der Waals surface area contributed by atoms with Crippen LogP contribution in [0.2, 0.25) is 0 Å². The van der Waals surface area contributed by atoms with Gasteiger partial charge in [-0.15, -0.1) is 0 Å². The predicted octanol–water partition coefficient (Wildman–Crippen LogP) is 4.66. The molecular weight excluding hydrogens is 316 g/mol. The average Bonchev–Trinajstić information content (AvgIpc) is 3.19. The Kier molecular flexibility index (Phi) is 3.33. The van der Waals surface area contributed by atoms with Crippen LogP contribution in [0.15, 0.2) is 65.6 Å². The number of hydrogen-bond acceptors (Lipinski definition) is 2. The molecular formula is C21H20O2S. The molecule has 2 nitrogen and oxygen atoms in total. The van der Waals surface area contributed by atoms with E-state index in [0.717, 1.165) is 5.56 Å². The minimum absolute atomic E-state index is 0.227. The maximum atomic E-state index is 11.7. The van der Waals surface area contributed by atoms with Crippen molar-refractivity contribution in [1.82, 2.24) is 0 Å². The Bertz CT molecular complexity index is 956. The molecule has 0 unspecified atom stereocenters. The third kappa shape index (κ3) is 2.73. The molecule has 4 rings (SSSR count). The van der Waals surface area contributed by atoms with Gasteiger partial charge in [0, 0.05) is 11.7 Å². The zero-order valence-electron chi connectivity index (χ0n) is 13.9. The lowest BCUT2D eigenvalue weighted by atomic mass is 9.94.